The van der Waals surface area contributed by atoms with Crippen molar-refractivity contribution in [2.45, 2.75) is 26.3 Å². The van der Waals surface area contributed by atoms with Gasteiger partial charge in [-0.3, -0.25) is 0 Å². The topological polar surface area (TPSA) is 21.6 Å². The third-order valence-corrected chi connectivity index (χ3v) is 2.93. The average molecular weight is 250 g/mol. The highest BCUT2D eigenvalue weighted by Crippen LogP contribution is 2.23. The second-order valence-electron chi connectivity index (χ2n) is 4.87. The van der Waals surface area contributed by atoms with E-state index in [1.54, 1.807) is 0 Å². The van der Waals surface area contributed by atoms with Crippen LogP contribution in [0.15, 0.2) is 34.8 Å². The first-order valence-corrected chi connectivity index (χ1v) is 6.02. The molecule has 2 nitrogen and oxygen atoms in total. The molecule has 1 aromatic rings. The summed E-state index contributed by atoms with van der Waals surface area (Å²) in [4.78, 5) is 4.53. The molecule has 0 atom stereocenters. The number of rotatable bonds is 2. The van der Waals surface area contributed by atoms with Crippen LogP contribution in [0, 0.1) is 0 Å². The van der Waals surface area contributed by atoms with E-state index in [1.165, 1.54) is 0 Å². The molecule has 17 heavy (non-hydrogen) atoms. The molecule has 0 saturated carbocycles. The maximum atomic E-state index is 6.11. The number of halogens is 1. The van der Waals surface area contributed by atoms with Crippen LogP contribution in [0.2, 0.25) is 5.02 Å². The minimum atomic E-state index is -0.120. The molecule has 0 spiro atoms. The molecule has 1 aliphatic heterocycles. The lowest BCUT2D eigenvalue weighted by atomic mass is 10.1. The first-order chi connectivity index (χ1) is 7.98. The van der Waals surface area contributed by atoms with Gasteiger partial charge in [0, 0.05) is 10.6 Å². The number of benzene rings is 1. The summed E-state index contributed by atoms with van der Waals surface area (Å²) in [6.45, 7) is 6.74. The Kier molecular flexibility index (Phi) is 3.25. The Labute approximate surface area is 107 Å². The molecule has 0 aromatic heterocycles. The molecular formula is C14H16ClNO. The van der Waals surface area contributed by atoms with Crippen LogP contribution in [0.3, 0.4) is 0 Å². The molecule has 0 amide bonds. The average Bonchev–Trinajstić information content (AvgIpc) is 2.62. The van der Waals surface area contributed by atoms with Crippen molar-refractivity contribution >= 4 is 23.6 Å². The lowest BCUT2D eigenvalue weighted by Gasteiger charge is -2.07. The summed E-state index contributed by atoms with van der Waals surface area (Å²) in [6.07, 6.45) is 2.00. The maximum Gasteiger partial charge on any atom is 0.212 e. The van der Waals surface area contributed by atoms with Gasteiger partial charge in [-0.25, -0.2) is 4.99 Å². The van der Waals surface area contributed by atoms with Crippen LogP contribution in [0.5, 0.6) is 0 Å². The summed E-state index contributed by atoms with van der Waals surface area (Å²) in [7, 11) is 0. The van der Waals surface area contributed by atoms with Crippen molar-refractivity contribution in [1.82, 2.24) is 0 Å². The van der Waals surface area contributed by atoms with Crippen molar-refractivity contribution < 1.29 is 4.74 Å². The fourth-order valence-electron chi connectivity index (χ4n) is 1.67. The van der Waals surface area contributed by atoms with E-state index in [1.807, 2.05) is 37.3 Å². The summed E-state index contributed by atoms with van der Waals surface area (Å²) in [6, 6.07) is 7.74. The predicted octanol–water partition coefficient (Wildman–Crippen LogP) is 3.95. The summed E-state index contributed by atoms with van der Waals surface area (Å²) >= 11 is 6.11. The van der Waals surface area contributed by atoms with Gasteiger partial charge in [0.2, 0.25) is 5.90 Å². The number of nitrogens with zero attached hydrogens (tertiary/aromatic N) is 1. The monoisotopic (exact) mass is 249 g/mol. The Morgan fingerprint density at radius 3 is 2.71 bits per heavy atom. The molecule has 0 unspecified atom stereocenters. The lowest BCUT2D eigenvalue weighted by Crippen LogP contribution is -2.17. The molecule has 0 fully saturated rings. The molecular weight excluding hydrogens is 234 g/mol. The van der Waals surface area contributed by atoms with Crippen molar-refractivity contribution in [1.29, 1.82) is 0 Å². The van der Waals surface area contributed by atoms with Gasteiger partial charge in [-0.15, -0.1) is 0 Å². The molecule has 1 heterocycles. The van der Waals surface area contributed by atoms with E-state index in [4.69, 9.17) is 16.3 Å². The Morgan fingerprint density at radius 2 is 2.12 bits per heavy atom. The fraction of sp³-hybridized carbons (Fsp3) is 0.357. The quantitative estimate of drug-likeness (QED) is 0.778. The molecule has 1 aliphatic rings. The normalized spacial score (nSPS) is 18.8. The Balaban J connectivity index is 2.27. The highest BCUT2D eigenvalue weighted by Gasteiger charge is 2.26. The molecule has 0 bridgehead atoms. The van der Waals surface area contributed by atoms with Crippen molar-refractivity contribution in [3.05, 3.63) is 40.4 Å². The van der Waals surface area contributed by atoms with Gasteiger partial charge in [-0.1, -0.05) is 29.8 Å². The summed E-state index contributed by atoms with van der Waals surface area (Å²) in [5, 5.41) is 0.740. The molecule has 0 saturated heterocycles. The number of hydrogen-bond donors (Lipinski definition) is 0. The van der Waals surface area contributed by atoms with Gasteiger partial charge in [0.05, 0.1) is 5.54 Å². The second-order valence-corrected chi connectivity index (χ2v) is 5.27. The molecule has 3 heteroatoms. The van der Waals surface area contributed by atoms with Gasteiger partial charge in [0.1, 0.15) is 6.61 Å². The first-order valence-electron chi connectivity index (χ1n) is 5.64. The summed E-state index contributed by atoms with van der Waals surface area (Å²) in [5.41, 5.74) is 1.87. The Bertz CT molecular complexity index is 489. The van der Waals surface area contributed by atoms with Crippen molar-refractivity contribution in [2.24, 2.45) is 4.99 Å². The van der Waals surface area contributed by atoms with E-state index < -0.39 is 0 Å². The number of ether oxygens (including phenoxy) is 1. The molecule has 0 aliphatic carbocycles. The maximum absolute atomic E-state index is 6.11. The number of hydrogen-bond acceptors (Lipinski definition) is 2. The molecule has 0 N–H and O–H groups in total. The minimum Gasteiger partial charge on any atom is -0.475 e. The highest BCUT2D eigenvalue weighted by atomic mass is 35.5. The van der Waals surface area contributed by atoms with Crippen LogP contribution in [0.4, 0.5) is 0 Å². The van der Waals surface area contributed by atoms with E-state index >= 15 is 0 Å². The SMILES string of the molecule is CC(=Cc1ccccc1Cl)C1=NC(C)(C)CO1. The molecule has 90 valence electrons. The third-order valence-electron chi connectivity index (χ3n) is 2.58. The zero-order valence-electron chi connectivity index (χ0n) is 10.3. The van der Waals surface area contributed by atoms with Gasteiger partial charge < -0.3 is 4.74 Å². The van der Waals surface area contributed by atoms with Gasteiger partial charge in [-0.05, 0) is 38.5 Å². The minimum absolute atomic E-state index is 0.120. The van der Waals surface area contributed by atoms with Gasteiger partial charge in [-0.2, -0.15) is 0 Å². The zero-order valence-corrected chi connectivity index (χ0v) is 11.1. The number of aliphatic imine (C=N–C) groups is 1. The van der Waals surface area contributed by atoms with E-state index in [2.05, 4.69) is 18.8 Å². The fourth-order valence-corrected chi connectivity index (χ4v) is 1.86. The molecule has 2 rings (SSSR count). The van der Waals surface area contributed by atoms with E-state index in [9.17, 15) is 0 Å². The van der Waals surface area contributed by atoms with E-state index in [0.717, 1.165) is 22.1 Å². The van der Waals surface area contributed by atoms with Gasteiger partial charge in [0.15, 0.2) is 0 Å². The largest absolute Gasteiger partial charge is 0.475 e. The van der Waals surface area contributed by atoms with Crippen LogP contribution in [-0.4, -0.2) is 18.0 Å². The predicted molar refractivity (Wildman–Crippen MR) is 72.6 cm³/mol. The smallest absolute Gasteiger partial charge is 0.212 e. The van der Waals surface area contributed by atoms with Gasteiger partial charge in [0.25, 0.3) is 0 Å². The van der Waals surface area contributed by atoms with E-state index in [-0.39, 0.29) is 5.54 Å². The Morgan fingerprint density at radius 1 is 1.41 bits per heavy atom. The van der Waals surface area contributed by atoms with Crippen LogP contribution in [0.1, 0.15) is 26.3 Å². The molecule has 1 aromatic carbocycles. The van der Waals surface area contributed by atoms with Crippen molar-refractivity contribution in [2.75, 3.05) is 6.61 Å². The van der Waals surface area contributed by atoms with Crippen molar-refractivity contribution in [3.63, 3.8) is 0 Å². The van der Waals surface area contributed by atoms with Crippen LogP contribution in [0.25, 0.3) is 6.08 Å². The molecule has 0 radical (unpaired) electrons. The van der Waals surface area contributed by atoms with Crippen LogP contribution in [-0.2, 0) is 4.74 Å². The highest BCUT2D eigenvalue weighted by molar-refractivity contribution is 6.32. The summed E-state index contributed by atoms with van der Waals surface area (Å²) < 4.78 is 5.58. The van der Waals surface area contributed by atoms with Gasteiger partial charge >= 0.3 is 0 Å². The lowest BCUT2D eigenvalue weighted by molar-refractivity contribution is 0.279. The third kappa shape index (κ3) is 2.89. The van der Waals surface area contributed by atoms with Crippen molar-refractivity contribution in [3.8, 4) is 0 Å². The van der Waals surface area contributed by atoms with E-state index in [0.29, 0.717) is 6.61 Å². The first kappa shape index (κ1) is 12.2. The Hall–Kier alpha value is -1.28. The second kappa shape index (κ2) is 4.53. The van der Waals surface area contributed by atoms with Crippen LogP contribution >= 0.6 is 11.6 Å². The summed E-state index contributed by atoms with van der Waals surface area (Å²) in [5.74, 6) is 0.718. The zero-order chi connectivity index (χ0) is 12.5. The standard InChI is InChI=1S/C14H16ClNO/c1-10(13-16-14(2,3)9-17-13)8-11-6-4-5-7-12(11)15/h4-8H,9H2,1-3H3. The van der Waals surface area contributed by atoms with Crippen LogP contribution < -0.4 is 0 Å².